The molecule has 0 radical (unpaired) electrons. The number of nitrogens with one attached hydrogen (secondary N) is 9. The average molecular weight is 1180 g/mol. The van der Waals surface area contributed by atoms with Crippen molar-refractivity contribution < 1.29 is 72.9 Å². The van der Waals surface area contributed by atoms with E-state index in [1.54, 1.807) is 27.7 Å². The first-order chi connectivity index (χ1) is 38.1. The number of benzene rings is 1. The summed E-state index contributed by atoms with van der Waals surface area (Å²) in [6.07, 6.45) is -0.157. The molecule has 81 heavy (non-hydrogen) atoms. The van der Waals surface area contributed by atoms with Crippen molar-refractivity contribution >= 4 is 96.3 Å². The van der Waals surface area contributed by atoms with Gasteiger partial charge in [-0.2, -0.15) is 25.3 Å². The molecule has 0 aliphatic rings. The lowest BCUT2D eigenvalue weighted by Crippen LogP contribution is -2.61. The maximum Gasteiger partial charge on any atom is 0.326 e. The normalized spacial score (nSPS) is 15.2. The predicted molar refractivity (Wildman–Crippen MR) is 304 cm³/mol. The predicted octanol–water partition coefficient (Wildman–Crippen LogP) is -3.32. The van der Waals surface area contributed by atoms with Crippen LogP contribution in [0.1, 0.15) is 111 Å². The maximum absolute atomic E-state index is 14.5. The molecule has 0 fully saturated rings. The molecular weight excluding hydrogens is 1100 g/mol. The van der Waals surface area contributed by atoms with Crippen molar-refractivity contribution in [3.63, 3.8) is 0 Å². The number of phenolic OH excluding ortho intramolecular Hbond substituents is 1. The topological polar surface area (TPSA) is 478 Å². The molecule has 0 bridgehead atoms. The zero-order valence-electron chi connectivity index (χ0n) is 46.5. The summed E-state index contributed by atoms with van der Waals surface area (Å²) in [6, 6.07) is -8.31. The second-order valence-corrected chi connectivity index (χ2v) is 20.7. The van der Waals surface area contributed by atoms with E-state index in [4.69, 9.17) is 28.0 Å². The maximum atomic E-state index is 14.5. The lowest BCUT2D eigenvalue weighted by molar-refractivity contribution is -0.147. The molecule has 456 valence electrons. The van der Waals surface area contributed by atoms with Gasteiger partial charge in [-0.1, -0.05) is 46.2 Å². The number of unbranched alkanes of at least 4 members (excludes halogenated alkanes) is 2. The monoisotopic (exact) mass is 1180 g/mol. The Hall–Kier alpha value is -6.76. The highest BCUT2D eigenvalue weighted by atomic mass is 32.1. The third kappa shape index (κ3) is 27.5. The van der Waals surface area contributed by atoms with Gasteiger partial charge in [0.2, 0.25) is 59.1 Å². The molecule has 10 amide bonds. The number of aliphatic carboxylic acids is 2. The van der Waals surface area contributed by atoms with Gasteiger partial charge in [-0.15, -0.1) is 0 Å². The fourth-order valence-electron chi connectivity index (χ4n) is 7.77. The van der Waals surface area contributed by atoms with E-state index in [1.165, 1.54) is 31.2 Å². The molecule has 0 saturated carbocycles. The molecule has 0 saturated heterocycles. The van der Waals surface area contributed by atoms with Crippen LogP contribution in [-0.4, -0.2) is 171 Å². The zero-order chi connectivity index (χ0) is 61.5. The van der Waals surface area contributed by atoms with Crippen LogP contribution < -0.4 is 70.8 Å². The summed E-state index contributed by atoms with van der Waals surface area (Å²) in [5, 5.41) is 51.3. The summed E-state index contributed by atoms with van der Waals surface area (Å²) in [5.74, 6) is -13.0. The Kier molecular flexibility index (Phi) is 33.9. The van der Waals surface area contributed by atoms with Crippen molar-refractivity contribution in [1.29, 1.82) is 0 Å². The molecule has 30 heteroatoms. The van der Waals surface area contributed by atoms with E-state index in [-0.39, 0.29) is 68.4 Å². The molecule has 0 aliphatic heterocycles. The number of rotatable bonds is 40. The number of carboxylic acids is 2. The lowest BCUT2D eigenvalue weighted by atomic mass is 9.96. The van der Waals surface area contributed by atoms with Gasteiger partial charge in [0.15, 0.2) is 0 Å². The van der Waals surface area contributed by atoms with Crippen LogP contribution in [0.25, 0.3) is 0 Å². The summed E-state index contributed by atoms with van der Waals surface area (Å²) in [5.41, 5.74) is 23.1. The molecule has 0 aromatic heterocycles. The van der Waals surface area contributed by atoms with E-state index in [1.807, 2.05) is 0 Å². The minimum absolute atomic E-state index is 0.00189. The van der Waals surface area contributed by atoms with E-state index in [9.17, 15) is 67.7 Å². The van der Waals surface area contributed by atoms with E-state index in [0.29, 0.717) is 37.7 Å². The highest BCUT2D eigenvalue weighted by molar-refractivity contribution is 7.80. The van der Waals surface area contributed by atoms with Gasteiger partial charge in [-0.05, 0) is 101 Å². The fourth-order valence-corrected chi connectivity index (χ4v) is 8.19. The van der Waals surface area contributed by atoms with Gasteiger partial charge in [-0.25, -0.2) is 4.79 Å². The second kappa shape index (κ2) is 38.0. The number of aromatic hydroxyl groups is 1. The number of carbonyl (C=O) groups excluding carboxylic acids is 10. The Balaban J connectivity index is 3.59. The van der Waals surface area contributed by atoms with Gasteiger partial charge in [0.1, 0.15) is 60.1 Å². The SMILES string of the molecule is CC[C@H](C)[C@H](NC(=O)[C@H](Cc1ccc(O)cc1)NC(=O)[C@H](CCC(N)=O)NC(=O)[C@H](CS)NC(=O)[C@@H](N)CS)C(=O)N[C@@H](CCCCN)C(=O)N[C@@H](CCCCN)C(=O)N[C@@H](C)C(=O)N[C@@H](CC(C)C)C(=O)N[C@@H](CC(=O)O)C(=O)O. The van der Waals surface area contributed by atoms with Gasteiger partial charge in [0, 0.05) is 24.3 Å². The first-order valence-electron chi connectivity index (χ1n) is 26.7. The number of thiol groups is 2. The van der Waals surface area contributed by atoms with Crippen LogP contribution in [-0.2, 0) is 64.0 Å². The largest absolute Gasteiger partial charge is 0.508 e. The minimum atomic E-state index is -1.80. The molecule has 28 nitrogen and oxygen atoms in total. The molecule has 20 N–H and O–H groups in total. The number of primary amides is 1. The van der Waals surface area contributed by atoms with Gasteiger partial charge in [-0.3, -0.25) is 52.7 Å². The van der Waals surface area contributed by atoms with Crippen LogP contribution in [0.4, 0.5) is 0 Å². The van der Waals surface area contributed by atoms with Crippen LogP contribution in [0.15, 0.2) is 24.3 Å². The van der Waals surface area contributed by atoms with Gasteiger partial charge in [0.05, 0.1) is 12.5 Å². The first-order valence-corrected chi connectivity index (χ1v) is 28.0. The molecule has 0 spiro atoms. The smallest absolute Gasteiger partial charge is 0.326 e. The molecule has 1 rings (SSSR count). The molecular formula is C51H85N13O15S2. The molecule has 1 aromatic rings. The molecule has 0 heterocycles. The summed E-state index contributed by atoms with van der Waals surface area (Å²) < 4.78 is 0. The quantitative estimate of drug-likeness (QED) is 0.0226. The third-order valence-electron chi connectivity index (χ3n) is 12.7. The van der Waals surface area contributed by atoms with E-state index >= 15 is 0 Å². The van der Waals surface area contributed by atoms with Crippen molar-refractivity contribution in [1.82, 2.24) is 47.9 Å². The van der Waals surface area contributed by atoms with Crippen molar-refractivity contribution in [3.05, 3.63) is 29.8 Å². The Bertz CT molecular complexity index is 2280. The number of carbonyl (C=O) groups is 12. The Morgan fingerprint density at radius 2 is 0.975 bits per heavy atom. The van der Waals surface area contributed by atoms with Crippen molar-refractivity contribution in [2.75, 3.05) is 24.6 Å². The number of amides is 10. The van der Waals surface area contributed by atoms with Crippen LogP contribution in [0.2, 0.25) is 0 Å². The fraction of sp³-hybridized carbons (Fsp3) is 0.647. The third-order valence-corrected chi connectivity index (χ3v) is 13.5. The number of nitrogens with two attached hydrogens (primary N) is 4. The highest BCUT2D eigenvalue weighted by Crippen LogP contribution is 2.16. The number of hydrogen-bond acceptors (Lipinski definition) is 18. The average Bonchev–Trinajstić information content (AvgIpc) is 3.41. The summed E-state index contributed by atoms with van der Waals surface area (Å²) in [7, 11) is 0. The van der Waals surface area contributed by atoms with Gasteiger partial charge >= 0.3 is 11.9 Å². The standard InChI is InChI=1S/C51H85N13O15S2/c1-6-27(4)41(64-48(75)36(22-29-13-15-30(65)16-14-29)61-46(73)34(17-18-39(55)66)58-49(76)38(25-81)63-43(70)31(54)24-80)50(77)59-33(12-8-10-20-53)45(72)57-32(11-7-9-19-52)44(71)56-28(5)42(69)60-35(21-26(2)3)47(74)62-37(51(78)79)23-40(67)68/h13-16,26-28,31-38,41,65,80-81H,6-12,17-25,52-54H2,1-5H3,(H2,55,66)(H,56,71)(H,57,72)(H,58,76)(H,59,77)(H,60,69)(H,61,73)(H,62,74)(H,63,70)(H,64,75)(H,67,68)(H,78,79)/t27-,28-,31-,32-,33-,34-,35-,36-,37-,38-,41-/m0/s1. The molecule has 0 unspecified atom stereocenters. The van der Waals surface area contributed by atoms with E-state index < -0.39 is 150 Å². The molecule has 1 aromatic carbocycles. The minimum Gasteiger partial charge on any atom is -0.508 e. The molecule has 0 aliphatic carbocycles. The Morgan fingerprint density at radius 1 is 0.531 bits per heavy atom. The summed E-state index contributed by atoms with van der Waals surface area (Å²) in [6.45, 7) is 8.58. The van der Waals surface area contributed by atoms with Crippen molar-refractivity contribution in [2.24, 2.45) is 34.8 Å². The molecule has 11 atom stereocenters. The van der Waals surface area contributed by atoms with Crippen molar-refractivity contribution in [3.8, 4) is 5.75 Å². The summed E-state index contributed by atoms with van der Waals surface area (Å²) in [4.78, 5) is 159. The van der Waals surface area contributed by atoms with Gasteiger partial charge in [0.25, 0.3) is 0 Å². The van der Waals surface area contributed by atoms with Crippen LogP contribution >= 0.6 is 25.3 Å². The number of hydrogen-bond donors (Lipinski definition) is 18. The van der Waals surface area contributed by atoms with E-state index in [2.05, 4.69) is 73.1 Å². The van der Waals surface area contributed by atoms with Crippen LogP contribution in [0.5, 0.6) is 5.75 Å². The first kappa shape index (κ1) is 72.3. The van der Waals surface area contributed by atoms with E-state index in [0.717, 1.165) is 0 Å². The Labute approximate surface area is 482 Å². The lowest BCUT2D eigenvalue weighted by Gasteiger charge is -2.30. The summed E-state index contributed by atoms with van der Waals surface area (Å²) >= 11 is 8.14. The zero-order valence-corrected chi connectivity index (χ0v) is 48.3. The van der Waals surface area contributed by atoms with Crippen LogP contribution in [0.3, 0.4) is 0 Å². The Morgan fingerprint density at radius 3 is 1.44 bits per heavy atom. The van der Waals surface area contributed by atoms with Crippen molar-refractivity contribution in [2.45, 2.75) is 172 Å². The number of carboxylic acid groups (broad SMARTS) is 2. The second-order valence-electron chi connectivity index (χ2n) is 20.0. The van der Waals surface area contributed by atoms with Crippen LogP contribution in [0, 0.1) is 11.8 Å². The highest BCUT2D eigenvalue weighted by Gasteiger charge is 2.36. The number of phenols is 1. The van der Waals surface area contributed by atoms with Gasteiger partial charge < -0.3 is 86.1 Å².